The third-order valence-corrected chi connectivity index (χ3v) is 2.96. The average Bonchev–Trinajstić information content (AvgIpc) is 2.39. The fraction of sp³-hybridized carbons (Fsp3) is 0.0667. The van der Waals surface area contributed by atoms with Gasteiger partial charge in [0.2, 0.25) is 0 Å². The molecule has 0 aliphatic carbocycles. The predicted octanol–water partition coefficient (Wildman–Crippen LogP) is 3.33. The van der Waals surface area contributed by atoms with E-state index in [-0.39, 0.29) is 5.82 Å². The van der Waals surface area contributed by atoms with Crippen molar-refractivity contribution in [1.82, 2.24) is 9.97 Å². The first-order chi connectivity index (χ1) is 9.13. The summed E-state index contributed by atoms with van der Waals surface area (Å²) >= 11 is 0. The number of fused-ring (bicyclic) bond motifs is 1. The Kier molecular flexibility index (Phi) is 2.63. The molecule has 0 unspecified atom stereocenters. The summed E-state index contributed by atoms with van der Waals surface area (Å²) in [6, 6.07) is 12.2. The fourth-order valence-electron chi connectivity index (χ4n) is 2.04. The van der Waals surface area contributed by atoms with Crippen molar-refractivity contribution in [3.8, 4) is 11.4 Å². The molecule has 19 heavy (non-hydrogen) atoms. The molecule has 0 radical (unpaired) electrons. The largest absolute Gasteiger partial charge is 0.383 e. The van der Waals surface area contributed by atoms with Crippen molar-refractivity contribution in [1.29, 1.82) is 0 Å². The van der Waals surface area contributed by atoms with Gasteiger partial charge in [0, 0.05) is 10.9 Å². The summed E-state index contributed by atoms with van der Waals surface area (Å²) in [5.41, 5.74) is 8.55. The maximum Gasteiger partial charge on any atom is 0.162 e. The van der Waals surface area contributed by atoms with Crippen molar-refractivity contribution in [2.75, 3.05) is 5.73 Å². The lowest BCUT2D eigenvalue weighted by molar-refractivity contribution is 0.629. The van der Waals surface area contributed by atoms with Crippen molar-refractivity contribution < 1.29 is 4.39 Å². The third-order valence-electron chi connectivity index (χ3n) is 2.96. The van der Waals surface area contributed by atoms with E-state index in [0.29, 0.717) is 22.5 Å². The van der Waals surface area contributed by atoms with E-state index in [1.807, 2.05) is 31.2 Å². The summed E-state index contributed by atoms with van der Waals surface area (Å²) in [5.74, 6) is 0.507. The Morgan fingerprint density at radius 2 is 1.89 bits per heavy atom. The zero-order valence-corrected chi connectivity index (χ0v) is 10.4. The number of nitrogens with zero attached hydrogens (tertiary/aromatic N) is 2. The van der Waals surface area contributed by atoms with Gasteiger partial charge in [0.1, 0.15) is 11.6 Å². The van der Waals surface area contributed by atoms with Crippen LogP contribution in [0.1, 0.15) is 5.56 Å². The van der Waals surface area contributed by atoms with E-state index in [0.717, 1.165) is 11.1 Å². The van der Waals surface area contributed by atoms with Crippen LogP contribution in [0.4, 0.5) is 10.2 Å². The second-order valence-electron chi connectivity index (χ2n) is 4.46. The first kappa shape index (κ1) is 11.6. The quantitative estimate of drug-likeness (QED) is 0.723. The molecule has 0 aliphatic heterocycles. The third kappa shape index (κ3) is 2.12. The molecule has 2 N–H and O–H groups in total. The maximum absolute atomic E-state index is 13.2. The zero-order valence-electron chi connectivity index (χ0n) is 10.4. The molecular weight excluding hydrogens is 241 g/mol. The van der Waals surface area contributed by atoms with Gasteiger partial charge in [-0.05, 0) is 31.2 Å². The number of anilines is 1. The standard InChI is InChI=1S/C15H12FN3/c1-9-3-2-4-10(7-9)15-18-13-6-5-11(16)8-12(13)14(17)19-15/h2-8H,1H3,(H2,17,18,19). The van der Waals surface area contributed by atoms with Gasteiger partial charge in [-0.2, -0.15) is 0 Å². The number of nitrogen functional groups attached to an aromatic ring is 1. The summed E-state index contributed by atoms with van der Waals surface area (Å²) < 4.78 is 13.2. The molecule has 0 atom stereocenters. The van der Waals surface area contributed by atoms with E-state index in [2.05, 4.69) is 9.97 Å². The SMILES string of the molecule is Cc1cccc(-c2nc(N)c3cc(F)ccc3n2)c1. The van der Waals surface area contributed by atoms with Crippen LogP contribution in [0.3, 0.4) is 0 Å². The Bertz CT molecular complexity index is 768. The first-order valence-corrected chi connectivity index (χ1v) is 5.93. The molecule has 1 aromatic heterocycles. The lowest BCUT2D eigenvalue weighted by Crippen LogP contribution is -1.98. The number of aryl methyl sites for hydroxylation is 1. The Morgan fingerprint density at radius 3 is 2.68 bits per heavy atom. The molecule has 0 saturated carbocycles. The van der Waals surface area contributed by atoms with E-state index >= 15 is 0 Å². The molecule has 3 aromatic rings. The van der Waals surface area contributed by atoms with Crippen molar-refractivity contribution in [2.45, 2.75) is 6.92 Å². The minimum Gasteiger partial charge on any atom is -0.383 e. The van der Waals surface area contributed by atoms with Gasteiger partial charge in [-0.15, -0.1) is 0 Å². The Morgan fingerprint density at radius 1 is 1.05 bits per heavy atom. The number of halogens is 1. The molecule has 4 heteroatoms. The number of rotatable bonds is 1. The molecule has 1 heterocycles. The summed E-state index contributed by atoms with van der Waals surface area (Å²) in [6.07, 6.45) is 0. The van der Waals surface area contributed by atoms with Crippen molar-refractivity contribution >= 4 is 16.7 Å². The molecule has 0 bridgehead atoms. The lowest BCUT2D eigenvalue weighted by atomic mass is 10.1. The number of benzene rings is 2. The molecule has 0 aliphatic rings. The van der Waals surface area contributed by atoms with E-state index in [1.165, 1.54) is 12.1 Å². The zero-order chi connectivity index (χ0) is 13.4. The summed E-state index contributed by atoms with van der Waals surface area (Å²) in [6.45, 7) is 2.00. The summed E-state index contributed by atoms with van der Waals surface area (Å²) in [7, 11) is 0. The topological polar surface area (TPSA) is 51.8 Å². The van der Waals surface area contributed by atoms with Crippen LogP contribution in [-0.2, 0) is 0 Å². The maximum atomic E-state index is 13.2. The molecule has 3 rings (SSSR count). The van der Waals surface area contributed by atoms with E-state index in [9.17, 15) is 4.39 Å². The van der Waals surface area contributed by atoms with E-state index < -0.39 is 0 Å². The molecule has 2 aromatic carbocycles. The van der Waals surface area contributed by atoms with Gasteiger partial charge in [-0.25, -0.2) is 14.4 Å². The minimum atomic E-state index is -0.342. The number of nitrogens with two attached hydrogens (primary N) is 1. The number of hydrogen-bond donors (Lipinski definition) is 1. The van der Waals surface area contributed by atoms with Gasteiger partial charge in [0.05, 0.1) is 5.52 Å². The smallest absolute Gasteiger partial charge is 0.162 e. The predicted molar refractivity (Wildman–Crippen MR) is 74.1 cm³/mol. The number of hydrogen-bond acceptors (Lipinski definition) is 3. The van der Waals surface area contributed by atoms with Gasteiger partial charge in [0.25, 0.3) is 0 Å². The van der Waals surface area contributed by atoms with Crippen molar-refractivity contribution in [3.63, 3.8) is 0 Å². The summed E-state index contributed by atoms with van der Waals surface area (Å²) in [5, 5.41) is 0.538. The van der Waals surface area contributed by atoms with E-state index in [4.69, 9.17) is 5.73 Å². The lowest BCUT2D eigenvalue weighted by Gasteiger charge is -2.06. The van der Waals surface area contributed by atoms with Crippen LogP contribution in [0.25, 0.3) is 22.3 Å². The van der Waals surface area contributed by atoms with Gasteiger partial charge in [0.15, 0.2) is 5.82 Å². The van der Waals surface area contributed by atoms with Crippen molar-refractivity contribution in [3.05, 3.63) is 53.8 Å². The van der Waals surface area contributed by atoms with Gasteiger partial charge in [-0.3, -0.25) is 0 Å². The van der Waals surface area contributed by atoms with Crippen LogP contribution >= 0.6 is 0 Å². The molecule has 0 saturated heterocycles. The highest BCUT2D eigenvalue weighted by Gasteiger charge is 2.08. The number of aromatic nitrogens is 2. The Labute approximate surface area is 109 Å². The highest BCUT2D eigenvalue weighted by Crippen LogP contribution is 2.24. The van der Waals surface area contributed by atoms with Gasteiger partial charge >= 0.3 is 0 Å². The second-order valence-corrected chi connectivity index (χ2v) is 4.46. The Balaban J connectivity index is 2.24. The van der Waals surface area contributed by atoms with Crippen molar-refractivity contribution in [2.24, 2.45) is 0 Å². The first-order valence-electron chi connectivity index (χ1n) is 5.93. The molecule has 3 nitrogen and oxygen atoms in total. The fourth-order valence-corrected chi connectivity index (χ4v) is 2.04. The van der Waals surface area contributed by atoms with Crippen LogP contribution in [0.2, 0.25) is 0 Å². The van der Waals surface area contributed by atoms with Crippen LogP contribution < -0.4 is 5.73 Å². The highest BCUT2D eigenvalue weighted by atomic mass is 19.1. The van der Waals surface area contributed by atoms with Gasteiger partial charge in [-0.1, -0.05) is 23.8 Å². The normalized spacial score (nSPS) is 10.8. The summed E-state index contributed by atoms with van der Waals surface area (Å²) in [4.78, 5) is 8.68. The Hall–Kier alpha value is -2.49. The van der Waals surface area contributed by atoms with Gasteiger partial charge < -0.3 is 5.73 Å². The molecule has 0 fully saturated rings. The molecule has 94 valence electrons. The highest BCUT2D eigenvalue weighted by molar-refractivity contribution is 5.89. The van der Waals surface area contributed by atoms with Crippen LogP contribution in [0.5, 0.6) is 0 Å². The average molecular weight is 253 g/mol. The monoisotopic (exact) mass is 253 g/mol. The minimum absolute atomic E-state index is 0.293. The molecular formula is C15H12FN3. The van der Waals surface area contributed by atoms with Crippen LogP contribution in [0.15, 0.2) is 42.5 Å². The molecule has 0 amide bonds. The van der Waals surface area contributed by atoms with Crippen LogP contribution in [0, 0.1) is 12.7 Å². The van der Waals surface area contributed by atoms with Crippen LogP contribution in [-0.4, -0.2) is 9.97 Å². The van der Waals surface area contributed by atoms with E-state index in [1.54, 1.807) is 6.07 Å². The second kappa shape index (κ2) is 4.31. The molecule has 0 spiro atoms.